The van der Waals surface area contributed by atoms with Crippen LogP contribution in [-0.2, 0) is 4.79 Å². The van der Waals surface area contributed by atoms with Gasteiger partial charge >= 0.3 is 0 Å². The summed E-state index contributed by atoms with van der Waals surface area (Å²) in [4.78, 5) is 16.4. The van der Waals surface area contributed by atoms with E-state index in [4.69, 9.17) is 9.47 Å². The van der Waals surface area contributed by atoms with Crippen LogP contribution in [0.25, 0.3) is 0 Å². The molecule has 0 spiro atoms. The summed E-state index contributed by atoms with van der Waals surface area (Å²) in [6.45, 7) is 8.78. The zero-order valence-electron chi connectivity index (χ0n) is 17.3. The van der Waals surface area contributed by atoms with Gasteiger partial charge in [0.1, 0.15) is 11.5 Å². The molecule has 0 aromatic heterocycles. The van der Waals surface area contributed by atoms with Crippen LogP contribution in [0.3, 0.4) is 0 Å². The minimum atomic E-state index is -0.551. The normalized spacial score (nSPS) is 12.5. The first-order chi connectivity index (χ1) is 12.3. The highest BCUT2D eigenvalue weighted by atomic mass is 127. The maximum Gasteiger partial charge on any atom is 0.227 e. The smallest absolute Gasteiger partial charge is 0.227 e. The van der Waals surface area contributed by atoms with Crippen molar-refractivity contribution in [3.05, 3.63) is 23.8 Å². The van der Waals surface area contributed by atoms with E-state index in [2.05, 4.69) is 20.9 Å². The van der Waals surface area contributed by atoms with Crippen LogP contribution in [0.1, 0.15) is 39.3 Å². The molecule has 0 bridgehead atoms. The third-order valence-electron chi connectivity index (χ3n) is 4.13. The first-order valence-electron chi connectivity index (χ1n) is 8.76. The van der Waals surface area contributed by atoms with Crippen LogP contribution in [0, 0.1) is 5.41 Å². The Kier molecular flexibility index (Phi) is 11.1. The van der Waals surface area contributed by atoms with Crippen molar-refractivity contribution in [2.24, 2.45) is 10.4 Å². The largest absolute Gasteiger partial charge is 0.497 e. The number of carbonyl (C=O) groups excluding carboxylic acids is 1. The highest BCUT2D eigenvalue weighted by Gasteiger charge is 2.27. The van der Waals surface area contributed by atoms with E-state index in [1.165, 1.54) is 0 Å². The van der Waals surface area contributed by atoms with Crippen molar-refractivity contribution in [1.82, 2.24) is 16.0 Å². The fourth-order valence-electron chi connectivity index (χ4n) is 2.44. The molecular weight excluding hydrogens is 459 g/mol. The second-order valence-corrected chi connectivity index (χ2v) is 6.64. The van der Waals surface area contributed by atoms with E-state index < -0.39 is 5.41 Å². The van der Waals surface area contributed by atoms with Crippen molar-refractivity contribution in [3.63, 3.8) is 0 Å². The molecule has 154 valence electrons. The zero-order valence-corrected chi connectivity index (χ0v) is 19.6. The lowest BCUT2D eigenvalue weighted by Gasteiger charge is -2.26. The van der Waals surface area contributed by atoms with Gasteiger partial charge in [0.25, 0.3) is 0 Å². The van der Waals surface area contributed by atoms with Crippen molar-refractivity contribution >= 4 is 35.8 Å². The Morgan fingerprint density at radius 3 is 2.41 bits per heavy atom. The minimum Gasteiger partial charge on any atom is -0.497 e. The molecule has 0 aliphatic rings. The summed E-state index contributed by atoms with van der Waals surface area (Å²) in [5.74, 6) is 2.14. The predicted octanol–water partition coefficient (Wildman–Crippen LogP) is 2.71. The van der Waals surface area contributed by atoms with Crippen LogP contribution in [0.5, 0.6) is 11.5 Å². The number of ether oxygens (including phenoxy) is 2. The lowest BCUT2D eigenvalue weighted by molar-refractivity contribution is -0.128. The monoisotopic (exact) mass is 492 g/mol. The van der Waals surface area contributed by atoms with E-state index >= 15 is 0 Å². The maximum atomic E-state index is 12.1. The van der Waals surface area contributed by atoms with Gasteiger partial charge < -0.3 is 25.4 Å². The molecule has 1 atom stereocenters. The van der Waals surface area contributed by atoms with Crippen molar-refractivity contribution in [1.29, 1.82) is 0 Å². The number of carbonyl (C=O) groups is 1. The molecule has 0 aliphatic carbocycles. The number of rotatable bonds is 8. The van der Waals surface area contributed by atoms with Gasteiger partial charge in [-0.1, -0.05) is 0 Å². The van der Waals surface area contributed by atoms with Gasteiger partial charge in [0.2, 0.25) is 5.91 Å². The van der Waals surface area contributed by atoms with Crippen molar-refractivity contribution in [2.75, 3.05) is 34.4 Å². The number of hydrogen-bond acceptors (Lipinski definition) is 4. The number of nitrogens with zero attached hydrogens (tertiary/aromatic N) is 1. The number of methoxy groups -OCH3 is 2. The van der Waals surface area contributed by atoms with Crippen molar-refractivity contribution < 1.29 is 14.3 Å². The standard InChI is InChI=1S/C19H32N4O3.HI/c1-8-21-17(24)19(3,4)12-22-18(20-5)23-13(2)15-11-14(25-6)9-10-16(15)26-7;/h9-11,13H,8,12H2,1-7H3,(H,21,24)(H2,20,22,23);1H. The fourth-order valence-corrected chi connectivity index (χ4v) is 2.44. The number of halogens is 1. The van der Waals surface area contributed by atoms with Crippen molar-refractivity contribution in [2.45, 2.75) is 33.7 Å². The molecule has 1 aromatic rings. The van der Waals surface area contributed by atoms with Crippen LogP contribution < -0.4 is 25.4 Å². The minimum absolute atomic E-state index is 0. The summed E-state index contributed by atoms with van der Waals surface area (Å²) in [6.07, 6.45) is 0. The number of aliphatic imine (C=N–C) groups is 1. The summed E-state index contributed by atoms with van der Waals surface area (Å²) in [5, 5.41) is 9.40. The Hall–Kier alpha value is -1.71. The van der Waals surface area contributed by atoms with Gasteiger partial charge in [-0.05, 0) is 45.9 Å². The fraction of sp³-hybridized carbons (Fsp3) is 0.579. The summed E-state index contributed by atoms with van der Waals surface area (Å²) in [6, 6.07) is 5.60. The van der Waals surface area contributed by atoms with Gasteiger partial charge in [0, 0.05) is 25.7 Å². The van der Waals surface area contributed by atoms with Crippen molar-refractivity contribution in [3.8, 4) is 11.5 Å². The van der Waals surface area contributed by atoms with E-state index in [0.29, 0.717) is 19.0 Å². The molecule has 0 radical (unpaired) electrons. The molecule has 27 heavy (non-hydrogen) atoms. The van der Waals surface area contributed by atoms with Gasteiger partial charge in [0.15, 0.2) is 5.96 Å². The molecule has 8 heteroatoms. The van der Waals surface area contributed by atoms with Gasteiger partial charge in [-0.2, -0.15) is 0 Å². The number of amides is 1. The number of benzene rings is 1. The van der Waals surface area contributed by atoms with Gasteiger partial charge in [-0.3, -0.25) is 9.79 Å². The van der Waals surface area contributed by atoms with Gasteiger partial charge in [0.05, 0.1) is 25.7 Å². The molecule has 0 aliphatic heterocycles. The van der Waals surface area contributed by atoms with Crippen LogP contribution in [0.4, 0.5) is 0 Å². The second kappa shape index (κ2) is 11.9. The summed E-state index contributed by atoms with van der Waals surface area (Å²) in [7, 11) is 4.97. The average molecular weight is 492 g/mol. The third kappa shape index (κ3) is 7.43. The van der Waals surface area contributed by atoms with E-state index in [0.717, 1.165) is 17.1 Å². The predicted molar refractivity (Wildman–Crippen MR) is 120 cm³/mol. The first kappa shape index (κ1) is 25.3. The molecule has 1 aromatic carbocycles. The molecule has 0 heterocycles. The van der Waals surface area contributed by atoms with Crippen LogP contribution in [-0.4, -0.2) is 46.2 Å². The zero-order chi connectivity index (χ0) is 19.7. The van der Waals surface area contributed by atoms with Crippen LogP contribution in [0.15, 0.2) is 23.2 Å². The lowest BCUT2D eigenvalue weighted by atomic mass is 9.92. The van der Waals surface area contributed by atoms with E-state index in [-0.39, 0.29) is 35.9 Å². The highest BCUT2D eigenvalue weighted by Crippen LogP contribution is 2.29. The lowest BCUT2D eigenvalue weighted by Crippen LogP contribution is -2.48. The molecular formula is C19H33IN4O3. The SMILES string of the molecule is CCNC(=O)C(C)(C)CNC(=NC)NC(C)c1cc(OC)ccc1OC.I. The number of nitrogens with one attached hydrogen (secondary N) is 3. The summed E-state index contributed by atoms with van der Waals surface area (Å²) in [5.41, 5.74) is 0.405. The quantitative estimate of drug-likeness (QED) is 0.295. The first-order valence-corrected chi connectivity index (χ1v) is 8.76. The molecule has 0 saturated heterocycles. The third-order valence-corrected chi connectivity index (χ3v) is 4.13. The topological polar surface area (TPSA) is 84.0 Å². The molecule has 0 saturated carbocycles. The van der Waals surface area contributed by atoms with Crippen LogP contribution in [0.2, 0.25) is 0 Å². The summed E-state index contributed by atoms with van der Waals surface area (Å²) >= 11 is 0. The Bertz CT molecular complexity index is 635. The molecule has 1 unspecified atom stereocenters. The highest BCUT2D eigenvalue weighted by molar-refractivity contribution is 14.0. The average Bonchev–Trinajstić information content (AvgIpc) is 2.64. The molecule has 1 rings (SSSR count). The van der Waals surface area contributed by atoms with Gasteiger partial charge in [-0.25, -0.2) is 0 Å². The van der Waals surface area contributed by atoms with E-state index in [1.807, 2.05) is 45.9 Å². The van der Waals surface area contributed by atoms with Crippen LogP contribution >= 0.6 is 24.0 Å². The Morgan fingerprint density at radius 2 is 1.89 bits per heavy atom. The Balaban J connectivity index is 0.00000676. The molecule has 7 nitrogen and oxygen atoms in total. The maximum absolute atomic E-state index is 12.1. The molecule has 3 N–H and O–H groups in total. The molecule has 0 fully saturated rings. The Morgan fingerprint density at radius 1 is 1.22 bits per heavy atom. The number of hydrogen-bond donors (Lipinski definition) is 3. The van der Waals surface area contributed by atoms with E-state index in [1.54, 1.807) is 21.3 Å². The Labute approximate surface area is 179 Å². The van der Waals surface area contributed by atoms with E-state index in [9.17, 15) is 4.79 Å². The number of guanidine groups is 1. The van der Waals surface area contributed by atoms with Gasteiger partial charge in [-0.15, -0.1) is 24.0 Å². The molecule has 1 amide bonds. The second-order valence-electron chi connectivity index (χ2n) is 6.64. The summed E-state index contributed by atoms with van der Waals surface area (Å²) < 4.78 is 10.7.